The molecule has 0 atom stereocenters. The lowest BCUT2D eigenvalue weighted by atomic mass is 10.1. The number of rotatable bonds is 4. The molecule has 1 aliphatic rings. The minimum Gasteiger partial charge on any atom is -0.314 e. The Hall–Kier alpha value is -1.00. The molecule has 1 saturated heterocycles. The van der Waals surface area contributed by atoms with Crippen molar-refractivity contribution in [3.63, 3.8) is 0 Å². The molecule has 0 radical (unpaired) electrons. The highest BCUT2D eigenvalue weighted by Crippen LogP contribution is 2.10. The van der Waals surface area contributed by atoms with Crippen molar-refractivity contribution >= 4 is 0 Å². The van der Waals surface area contributed by atoms with Gasteiger partial charge in [0.25, 0.3) is 0 Å². The van der Waals surface area contributed by atoms with Gasteiger partial charge in [0.15, 0.2) is 11.6 Å². The summed E-state index contributed by atoms with van der Waals surface area (Å²) in [4.78, 5) is 2.25. The molecule has 1 heterocycles. The molecule has 1 fully saturated rings. The predicted octanol–water partition coefficient (Wildman–Crippen LogP) is 1.41. The normalized spacial score (nSPS) is 16.5. The van der Waals surface area contributed by atoms with E-state index in [0.717, 1.165) is 31.6 Å². The van der Waals surface area contributed by atoms with Gasteiger partial charge >= 0.3 is 0 Å². The quantitative estimate of drug-likeness (QED) is 0.835. The Balaban J connectivity index is 1.86. The predicted molar refractivity (Wildman–Crippen MR) is 59.3 cm³/mol. The molecular formula is C12H16F2N2. The maximum absolute atomic E-state index is 12.9. The zero-order valence-corrected chi connectivity index (χ0v) is 9.34. The third-order valence-corrected chi connectivity index (χ3v) is 3.12. The lowest BCUT2D eigenvalue weighted by Gasteiger charge is -2.35. The van der Waals surface area contributed by atoms with Crippen LogP contribution in [0, 0.1) is 11.6 Å². The summed E-state index contributed by atoms with van der Waals surface area (Å²) in [7, 11) is 2.06. The van der Waals surface area contributed by atoms with Gasteiger partial charge in [0.1, 0.15) is 0 Å². The van der Waals surface area contributed by atoms with Crippen molar-refractivity contribution in [2.75, 3.05) is 26.7 Å². The standard InChI is InChI=1S/C12H16F2N2/c1-16(10-7-15-8-10)5-4-9-2-3-11(13)12(14)6-9/h2-3,6,10,15H,4-5,7-8H2,1H3. The van der Waals surface area contributed by atoms with E-state index < -0.39 is 11.6 Å². The first-order valence-electron chi connectivity index (χ1n) is 5.51. The van der Waals surface area contributed by atoms with E-state index in [1.165, 1.54) is 12.1 Å². The largest absolute Gasteiger partial charge is 0.314 e. The highest BCUT2D eigenvalue weighted by atomic mass is 19.2. The van der Waals surface area contributed by atoms with Crippen LogP contribution in [0.5, 0.6) is 0 Å². The van der Waals surface area contributed by atoms with E-state index in [-0.39, 0.29) is 0 Å². The van der Waals surface area contributed by atoms with Gasteiger partial charge in [-0.25, -0.2) is 8.78 Å². The average Bonchev–Trinajstić information content (AvgIpc) is 2.17. The number of halogens is 2. The number of likely N-dealkylation sites (N-methyl/N-ethyl adjacent to an activating group) is 1. The van der Waals surface area contributed by atoms with Gasteiger partial charge < -0.3 is 10.2 Å². The van der Waals surface area contributed by atoms with Gasteiger partial charge in [0.05, 0.1) is 0 Å². The minimum atomic E-state index is -0.778. The number of nitrogens with zero attached hydrogens (tertiary/aromatic N) is 1. The lowest BCUT2D eigenvalue weighted by Crippen LogP contribution is -2.56. The summed E-state index contributed by atoms with van der Waals surface area (Å²) in [6.07, 6.45) is 0.754. The van der Waals surface area contributed by atoms with Crippen LogP contribution < -0.4 is 5.32 Å². The summed E-state index contributed by atoms with van der Waals surface area (Å²) in [5.74, 6) is -1.54. The number of hydrogen-bond donors (Lipinski definition) is 1. The van der Waals surface area contributed by atoms with Gasteiger partial charge in [-0.1, -0.05) is 6.07 Å². The summed E-state index contributed by atoms with van der Waals surface area (Å²) in [6.45, 7) is 2.92. The molecule has 0 amide bonds. The molecule has 0 spiro atoms. The zero-order valence-electron chi connectivity index (χ0n) is 9.34. The number of nitrogens with one attached hydrogen (secondary N) is 1. The van der Waals surface area contributed by atoms with Crippen LogP contribution in [-0.4, -0.2) is 37.6 Å². The van der Waals surface area contributed by atoms with E-state index in [4.69, 9.17) is 0 Å². The van der Waals surface area contributed by atoms with E-state index in [9.17, 15) is 8.78 Å². The van der Waals surface area contributed by atoms with Gasteiger partial charge in [0, 0.05) is 25.7 Å². The zero-order chi connectivity index (χ0) is 11.5. The Morgan fingerprint density at radius 2 is 2.06 bits per heavy atom. The molecule has 0 bridgehead atoms. The fourth-order valence-electron chi connectivity index (χ4n) is 1.77. The Morgan fingerprint density at radius 3 is 2.62 bits per heavy atom. The van der Waals surface area contributed by atoms with E-state index in [2.05, 4.69) is 17.3 Å². The molecule has 1 aliphatic heterocycles. The third-order valence-electron chi connectivity index (χ3n) is 3.12. The molecule has 1 aromatic carbocycles. The Bertz CT molecular complexity index is 364. The van der Waals surface area contributed by atoms with E-state index in [0.29, 0.717) is 6.04 Å². The Kier molecular flexibility index (Phi) is 3.51. The average molecular weight is 226 g/mol. The van der Waals surface area contributed by atoms with Crippen LogP contribution in [0.15, 0.2) is 18.2 Å². The second kappa shape index (κ2) is 4.89. The van der Waals surface area contributed by atoms with Gasteiger partial charge in [-0.2, -0.15) is 0 Å². The van der Waals surface area contributed by atoms with E-state index in [1.54, 1.807) is 6.07 Å². The molecule has 0 aromatic heterocycles. The Labute approximate surface area is 94.3 Å². The summed E-state index contributed by atoms with van der Waals surface area (Å²) in [6, 6.07) is 4.70. The molecule has 4 heteroatoms. The van der Waals surface area contributed by atoms with E-state index >= 15 is 0 Å². The maximum Gasteiger partial charge on any atom is 0.159 e. The van der Waals surface area contributed by atoms with Crippen molar-refractivity contribution in [3.8, 4) is 0 Å². The van der Waals surface area contributed by atoms with Crippen molar-refractivity contribution in [1.82, 2.24) is 10.2 Å². The first-order valence-corrected chi connectivity index (χ1v) is 5.51. The van der Waals surface area contributed by atoms with Crippen molar-refractivity contribution in [2.24, 2.45) is 0 Å². The Morgan fingerprint density at radius 1 is 1.31 bits per heavy atom. The van der Waals surface area contributed by atoms with Crippen molar-refractivity contribution in [1.29, 1.82) is 0 Å². The molecule has 0 aliphatic carbocycles. The first-order chi connectivity index (χ1) is 7.66. The van der Waals surface area contributed by atoms with Crippen LogP contribution in [0.25, 0.3) is 0 Å². The second-order valence-electron chi connectivity index (χ2n) is 4.29. The second-order valence-corrected chi connectivity index (χ2v) is 4.29. The topological polar surface area (TPSA) is 15.3 Å². The van der Waals surface area contributed by atoms with Crippen molar-refractivity contribution < 1.29 is 8.78 Å². The van der Waals surface area contributed by atoms with Gasteiger partial charge in [-0.05, 0) is 31.2 Å². The number of hydrogen-bond acceptors (Lipinski definition) is 2. The van der Waals surface area contributed by atoms with Crippen LogP contribution in [0.4, 0.5) is 8.78 Å². The highest BCUT2D eigenvalue weighted by molar-refractivity contribution is 5.18. The van der Waals surface area contributed by atoms with Crippen molar-refractivity contribution in [2.45, 2.75) is 12.5 Å². The summed E-state index contributed by atoms with van der Waals surface area (Å²) in [5, 5.41) is 3.21. The molecule has 16 heavy (non-hydrogen) atoms. The minimum absolute atomic E-state index is 0.588. The molecule has 88 valence electrons. The van der Waals surface area contributed by atoms with Crippen LogP contribution in [0.2, 0.25) is 0 Å². The van der Waals surface area contributed by atoms with Gasteiger partial charge in [-0.15, -0.1) is 0 Å². The monoisotopic (exact) mass is 226 g/mol. The van der Waals surface area contributed by atoms with E-state index in [1.807, 2.05) is 0 Å². The van der Waals surface area contributed by atoms with Gasteiger partial charge in [0.2, 0.25) is 0 Å². The molecule has 1 N–H and O–H groups in total. The number of benzene rings is 1. The molecule has 0 saturated carbocycles. The fourth-order valence-corrected chi connectivity index (χ4v) is 1.77. The smallest absolute Gasteiger partial charge is 0.159 e. The summed E-state index contributed by atoms with van der Waals surface area (Å²) >= 11 is 0. The molecular weight excluding hydrogens is 210 g/mol. The summed E-state index contributed by atoms with van der Waals surface area (Å²) in [5.41, 5.74) is 0.845. The van der Waals surface area contributed by atoms with Crippen molar-refractivity contribution in [3.05, 3.63) is 35.4 Å². The third kappa shape index (κ3) is 2.57. The molecule has 1 aromatic rings. The fraction of sp³-hybridized carbons (Fsp3) is 0.500. The van der Waals surface area contributed by atoms with Gasteiger partial charge in [-0.3, -0.25) is 0 Å². The van der Waals surface area contributed by atoms with Crippen LogP contribution in [-0.2, 0) is 6.42 Å². The first kappa shape index (κ1) is 11.5. The summed E-state index contributed by atoms with van der Waals surface area (Å²) < 4.78 is 25.6. The highest BCUT2D eigenvalue weighted by Gasteiger charge is 2.20. The molecule has 2 nitrogen and oxygen atoms in total. The van der Waals surface area contributed by atoms with Crippen LogP contribution >= 0.6 is 0 Å². The van der Waals surface area contributed by atoms with Crippen LogP contribution in [0.1, 0.15) is 5.56 Å². The SMILES string of the molecule is CN(CCc1ccc(F)c(F)c1)C1CNC1. The maximum atomic E-state index is 12.9. The lowest BCUT2D eigenvalue weighted by molar-refractivity contribution is 0.182. The molecule has 0 unspecified atom stereocenters. The van der Waals surface area contributed by atoms with Crippen LogP contribution in [0.3, 0.4) is 0 Å². The molecule has 2 rings (SSSR count).